The first-order chi connectivity index (χ1) is 19.4. The first kappa shape index (κ1) is 26.3. The van der Waals surface area contributed by atoms with Gasteiger partial charge < -0.3 is 24.6 Å². The van der Waals surface area contributed by atoms with E-state index in [9.17, 15) is 14.3 Å². The molecule has 6 rings (SSSR count). The van der Waals surface area contributed by atoms with Crippen LogP contribution in [0.15, 0.2) is 66.9 Å². The Morgan fingerprint density at radius 2 is 1.93 bits per heavy atom. The number of nitrogens with zero attached hydrogens (tertiary/aromatic N) is 4. The van der Waals surface area contributed by atoms with E-state index in [1.165, 1.54) is 17.7 Å². The molecule has 4 aromatic rings. The molecular weight excluding hydrogens is 509 g/mol. The monoisotopic (exact) mass is 543 g/mol. The lowest BCUT2D eigenvalue weighted by Gasteiger charge is -2.50. The Bertz CT molecular complexity index is 1510. The van der Waals surface area contributed by atoms with Crippen molar-refractivity contribution in [1.29, 1.82) is 0 Å². The number of aryl methyl sites for hydroxylation is 1. The van der Waals surface area contributed by atoms with Crippen molar-refractivity contribution < 1.29 is 19.0 Å². The van der Waals surface area contributed by atoms with Crippen molar-refractivity contribution in [2.24, 2.45) is 7.05 Å². The fourth-order valence-electron chi connectivity index (χ4n) is 6.57. The van der Waals surface area contributed by atoms with Crippen LogP contribution in [0.1, 0.15) is 35.8 Å². The highest BCUT2D eigenvalue weighted by Gasteiger charge is 2.49. The van der Waals surface area contributed by atoms with Crippen LogP contribution in [0.5, 0.6) is 5.75 Å². The number of aliphatic hydroxyl groups excluding tert-OH is 1. The van der Waals surface area contributed by atoms with Gasteiger partial charge in [0.1, 0.15) is 11.6 Å². The highest BCUT2D eigenvalue weighted by molar-refractivity contribution is 5.92. The number of halogens is 1. The zero-order valence-electron chi connectivity index (χ0n) is 22.8. The molecule has 8 nitrogen and oxygen atoms in total. The number of carbonyl (C=O) groups is 1. The van der Waals surface area contributed by atoms with Crippen molar-refractivity contribution in [2.45, 2.75) is 30.8 Å². The SMILES string of the molecule is COc1ccc2c3c(n(C)c2c1)[C@@H](CO)N(C(=O)Nc1ccc(F)cc1)CC31CCN(Cc2ccccn2)CC1. The summed E-state index contributed by atoms with van der Waals surface area (Å²) >= 11 is 0. The van der Waals surface area contributed by atoms with Crippen LogP contribution in [-0.2, 0) is 19.0 Å². The summed E-state index contributed by atoms with van der Waals surface area (Å²) in [7, 11) is 3.65. The first-order valence-corrected chi connectivity index (χ1v) is 13.7. The van der Waals surface area contributed by atoms with E-state index in [2.05, 4.69) is 31.9 Å². The van der Waals surface area contributed by atoms with E-state index in [1.807, 2.05) is 37.5 Å². The number of hydrogen-bond acceptors (Lipinski definition) is 5. The lowest BCUT2D eigenvalue weighted by Crippen LogP contribution is -2.56. The van der Waals surface area contributed by atoms with Gasteiger partial charge in [-0.15, -0.1) is 0 Å². The number of pyridine rings is 1. The van der Waals surface area contributed by atoms with Crippen LogP contribution in [0.4, 0.5) is 14.9 Å². The molecular formula is C31H34FN5O3. The fourth-order valence-corrected chi connectivity index (χ4v) is 6.57. The molecule has 2 amide bonds. The minimum absolute atomic E-state index is 0.215. The Morgan fingerprint density at radius 3 is 2.60 bits per heavy atom. The number of hydrogen-bond donors (Lipinski definition) is 2. The second-order valence-electron chi connectivity index (χ2n) is 10.8. The molecule has 0 bridgehead atoms. The third-order valence-corrected chi connectivity index (χ3v) is 8.60. The molecule has 1 saturated heterocycles. The summed E-state index contributed by atoms with van der Waals surface area (Å²) in [5.41, 5.74) is 4.43. The van der Waals surface area contributed by atoms with Gasteiger partial charge in [0.15, 0.2) is 0 Å². The maximum absolute atomic E-state index is 13.8. The van der Waals surface area contributed by atoms with Gasteiger partial charge in [-0.25, -0.2) is 9.18 Å². The Kier molecular flexibility index (Phi) is 6.93. The Balaban J connectivity index is 1.39. The zero-order chi connectivity index (χ0) is 27.9. The number of likely N-dealkylation sites (tertiary alicyclic amines) is 1. The molecule has 0 saturated carbocycles. The standard InChI is InChI=1S/C31H34FN5O3/c1-35-26-17-24(40-2)10-11-25(26)28-29(35)27(19-38)37(30(39)34-22-8-6-21(32)7-9-22)20-31(28)12-15-36(16-13-31)18-23-5-3-4-14-33-23/h3-11,14,17,27,38H,12-13,15-16,18-20H2,1-2H3,(H,34,39)/t27-/m1/s1. The molecule has 2 aliphatic rings. The maximum atomic E-state index is 13.8. The summed E-state index contributed by atoms with van der Waals surface area (Å²) in [6.45, 7) is 2.76. The number of nitrogens with one attached hydrogen (secondary N) is 1. The Morgan fingerprint density at radius 1 is 1.15 bits per heavy atom. The highest BCUT2D eigenvalue weighted by Crippen LogP contribution is 2.50. The van der Waals surface area contributed by atoms with Crippen LogP contribution >= 0.6 is 0 Å². The van der Waals surface area contributed by atoms with Gasteiger partial charge in [-0.05, 0) is 80.0 Å². The molecule has 1 fully saturated rings. The number of carbonyl (C=O) groups excluding carboxylic acids is 1. The first-order valence-electron chi connectivity index (χ1n) is 13.7. The number of ether oxygens (including phenoxy) is 1. The number of benzene rings is 2. The number of rotatable bonds is 5. The summed E-state index contributed by atoms with van der Waals surface area (Å²) in [6, 6.07) is 17.0. The summed E-state index contributed by atoms with van der Waals surface area (Å²) in [5, 5.41) is 14.7. The largest absolute Gasteiger partial charge is 0.497 e. The highest BCUT2D eigenvalue weighted by atomic mass is 19.1. The zero-order valence-corrected chi connectivity index (χ0v) is 22.8. The molecule has 1 spiro atoms. The van der Waals surface area contributed by atoms with Crippen molar-refractivity contribution in [1.82, 2.24) is 19.4 Å². The van der Waals surface area contributed by atoms with Crippen LogP contribution in [0.2, 0.25) is 0 Å². The second kappa shape index (κ2) is 10.6. The maximum Gasteiger partial charge on any atom is 0.322 e. The number of urea groups is 1. The average molecular weight is 544 g/mol. The molecule has 2 aromatic heterocycles. The minimum Gasteiger partial charge on any atom is -0.497 e. The number of piperidine rings is 1. The topological polar surface area (TPSA) is 82.9 Å². The lowest BCUT2D eigenvalue weighted by atomic mass is 9.68. The van der Waals surface area contributed by atoms with Crippen LogP contribution in [0.25, 0.3) is 10.9 Å². The predicted molar refractivity (Wildman–Crippen MR) is 152 cm³/mol. The smallest absolute Gasteiger partial charge is 0.322 e. The summed E-state index contributed by atoms with van der Waals surface area (Å²) in [6.07, 6.45) is 3.54. The van der Waals surface area contributed by atoms with E-state index in [-0.39, 0.29) is 23.9 Å². The van der Waals surface area contributed by atoms with E-state index in [4.69, 9.17) is 4.74 Å². The van der Waals surface area contributed by atoms with Gasteiger partial charge in [-0.1, -0.05) is 6.07 Å². The molecule has 4 heterocycles. The van der Waals surface area contributed by atoms with Gasteiger partial charge in [-0.2, -0.15) is 0 Å². The normalized spacial score (nSPS) is 18.6. The van der Waals surface area contributed by atoms with Crippen LogP contribution in [0.3, 0.4) is 0 Å². The average Bonchev–Trinajstić information content (AvgIpc) is 3.28. The van der Waals surface area contributed by atoms with E-state index in [1.54, 1.807) is 24.1 Å². The summed E-state index contributed by atoms with van der Waals surface area (Å²) in [5.74, 6) is 0.396. The van der Waals surface area contributed by atoms with E-state index in [0.717, 1.165) is 60.5 Å². The third kappa shape index (κ3) is 4.59. The minimum atomic E-state index is -0.531. The molecule has 0 unspecified atom stereocenters. The van der Waals surface area contributed by atoms with Crippen LogP contribution < -0.4 is 10.1 Å². The number of aromatic nitrogens is 2. The fraction of sp³-hybridized carbons (Fsp3) is 0.355. The number of aliphatic hydroxyl groups is 1. The molecule has 2 aliphatic heterocycles. The summed E-state index contributed by atoms with van der Waals surface area (Å²) in [4.78, 5) is 22.4. The van der Waals surface area contributed by atoms with Crippen molar-refractivity contribution in [3.8, 4) is 5.75 Å². The molecule has 1 atom stereocenters. The van der Waals surface area contributed by atoms with Crippen molar-refractivity contribution >= 4 is 22.6 Å². The van der Waals surface area contributed by atoms with Crippen LogP contribution in [-0.4, -0.2) is 63.8 Å². The third-order valence-electron chi connectivity index (χ3n) is 8.60. The van der Waals surface area contributed by atoms with Gasteiger partial charge in [0.25, 0.3) is 0 Å². The number of anilines is 1. The Labute approximate surface area is 233 Å². The molecule has 9 heteroatoms. The van der Waals surface area contributed by atoms with Crippen molar-refractivity contribution in [3.63, 3.8) is 0 Å². The van der Waals surface area contributed by atoms with Gasteiger partial charge in [0.05, 0.1) is 31.0 Å². The van der Waals surface area contributed by atoms with E-state index >= 15 is 0 Å². The van der Waals surface area contributed by atoms with Crippen molar-refractivity contribution in [2.75, 3.05) is 38.7 Å². The van der Waals surface area contributed by atoms with E-state index < -0.39 is 6.04 Å². The molecule has 40 heavy (non-hydrogen) atoms. The van der Waals surface area contributed by atoms with Gasteiger partial charge in [-0.3, -0.25) is 9.88 Å². The van der Waals surface area contributed by atoms with Crippen LogP contribution in [0, 0.1) is 5.82 Å². The lowest BCUT2D eigenvalue weighted by molar-refractivity contribution is 0.0689. The van der Waals surface area contributed by atoms with E-state index in [0.29, 0.717) is 12.2 Å². The quantitative estimate of drug-likeness (QED) is 0.377. The summed E-state index contributed by atoms with van der Waals surface area (Å²) < 4.78 is 21.1. The molecule has 2 aromatic carbocycles. The molecule has 2 N–H and O–H groups in total. The van der Waals surface area contributed by atoms with Gasteiger partial charge in [0.2, 0.25) is 0 Å². The van der Waals surface area contributed by atoms with Gasteiger partial charge >= 0.3 is 6.03 Å². The Hall–Kier alpha value is -3.95. The number of fused-ring (bicyclic) bond motifs is 4. The van der Waals surface area contributed by atoms with Gasteiger partial charge in [0, 0.05) is 54.6 Å². The predicted octanol–water partition coefficient (Wildman–Crippen LogP) is 4.84. The molecule has 208 valence electrons. The number of methoxy groups -OCH3 is 1. The molecule has 0 radical (unpaired) electrons. The van der Waals surface area contributed by atoms with Crippen molar-refractivity contribution in [3.05, 3.63) is 89.6 Å². The second-order valence-corrected chi connectivity index (χ2v) is 10.8. The molecule has 0 aliphatic carbocycles. The number of amides is 2.